The Hall–Kier alpha value is -1.85. The van der Waals surface area contributed by atoms with Crippen LogP contribution in [0.25, 0.3) is 11.1 Å². The summed E-state index contributed by atoms with van der Waals surface area (Å²) in [6, 6.07) is 12.2. The van der Waals surface area contributed by atoms with Gasteiger partial charge in [0, 0.05) is 11.3 Å². The number of rotatable bonds is 1. The molecule has 0 saturated heterocycles. The van der Waals surface area contributed by atoms with Gasteiger partial charge in [0.05, 0.1) is 5.56 Å². The van der Waals surface area contributed by atoms with Crippen LogP contribution in [-0.4, -0.2) is 4.98 Å². The molecule has 0 radical (unpaired) electrons. The summed E-state index contributed by atoms with van der Waals surface area (Å²) in [6.07, 6.45) is 3.03. The second-order valence-electron chi connectivity index (χ2n) is 4.41. The number of fused-ring (bicyclic) bond motifs is 1. The lowest BCUT2D eigenvalue weighted by molar-refractivity contribution is 0.899. The van der Waals surface area contributed by atoms with Gasteiger partial charge in [-0.3, -0.25) is 0 Å². The molecule has 1 aliphatic carbocycles. The van der Waals surface area contributed by atoms with Gasteiger partial charge >= 0.3 is 0 Å². The van der Waals surface area contributed by atoms with Crippen molar-refractivity contribution in [2.75, 3.05) is 0 Å². The fourth-order valence-electron chi connectivity index (χ4n) is 2.57. The molecule has 0 amide bonds. The molecule has 2 nitrogen and oxygen atoms in total. The van der Waals surface area contributed by atoms with Crippen LogP contribution in [0.3, 0.4) is 0 Å². The Labute approximate surface area is 111 Å². The Morgan fingerprint density at radius 1 is 1.17 bits per heavy atom. The number of nitriles is 1. The molecule has 0 aliphatic heterocycles. The average Bonchev–Trinajstić information content (AvgIpc) is 2.85. The molecule has 0 fully saturated rings. The Morgan fingerprint density at radius 3 is 2.67 bits per heavy atom. The van der Waals surface area contributed by atoms with Crippen LogP contribution in [0.5, 0.6) is 0 Å². The zero-order chi connectivity index (χ0) is 12.5. The summed E-state index contributed by atoms with van der Waals surface area (Å²) in [5.41, 5.74) is 4.78. The van der Waals surface area contributed by atoms with Crippen molar-refractivity contribution in [2.24, 2.45) is 0 Å². The first-order chi connectivity index (χ1) is 8.81. The summed E-state index contributed by atoms with van der Waals surface area (Å²) in [5, 5.41) is 9.65. The van der Waals surface area contributed by atoms with Gasteiger partial charge in [0.25, 0.3) is 0 Å². The largest absolute Gasteiger partial charge is 0.239 e. The van der Waals surface area contributed by atoms with Crippen molar-refractivity contribution >= 4 is 11.6 Å². The summed E-state index contributed by atoms with van der Waals surface area (Å²) in [5.74, 6) is 0. The van der Waals surface area contributed by atoms with Gasteiger partial charge in [-0.2, -0.15) is 5.26 Å². The number of aryl methyl sites for hydroxylation is 1. The van der Waals surface area contributed by atoms with Crippen molar-refractivity contribution in [2.45, 2.75) is 19.3 Å². The van der Waals surface area contributed by atoms with Crippen molar-refractivity contribution in [3.05, 3.63) is 52.3 Å². The molecule has 3 heteroatoms. The zero-order valence-corrected chi connectivity index (χ0v) is 10.5. The average molecular weight is 255 g/mol. The van der Waals surface area contributed by atoms with Crippen molar-refractivity contribution < 1.29 is 0 Å². The van der Waals surface area contributed by atoms with E-state index in [1.165, 1.54) is 5.56 Å². The number of halogens is 1. The van der Waals surface area contributed by atoms with Gasteiger partial charge in [0.2, 0.25) is 0 Å². The first kappa shape index (κ1) is 11.3. The second kappa shape index (κ2) is 4.44. The van der Waals surface area contributed by atoms with Crippen molar-refractivity contribution in [1.82, 2.24) is 4.98 Å². The van der Waals surface area contributed by atoms with E-state index in [1.807, 2.05) is 30.3 Å². The summed E-state index contributed by atoms with van der Waals surface area (Å²) < 4.78 is 0. The second-order valence-corrected chi connectivity index (χ2v) is 4.77. The first-order valence-electron chi connectivity index (χ1n) is 5.98. The topological polar surface area (TPSA) is 36.7 Å². The summed E-state index contributed by atoms with van der Waals surface area (Å²) >= 11 is 6.13. The minimum absolute atomic E-state index is 0.331. The van der Waals surface area contributed by atoms with Crippen LogP contribution in [0.2, 0.25) is 5.15 Å². The van der Waals surface area contributed by atoms with E-state index in [0.717, 1.165) is 36.1 Å². The van der Waals surface area contributed by atoms with Crippen LogP contribution < -0.4 is 0 Å². The minimum atomic E-state index is 0.331. The molecule has 1 heterocycles. The van der Waals surface area contributed by atoms with Crippen LogP contribution >= 0.6 is 11.6 Å². The van der Waals surface area contributed by atoms with Crippen LogP contribution in [0, 0.1) is 11.3 Å². The third-order valence-electron chi connectivity index (χ3n) is 3.35. The highest BCUT2D eigenvalue weighted by Gasteiger charge is 2.23. The Bertz CT molecular complexity index is 641. The van der Waals surface area contributed by atoms with E-state index in [1.54, 1.807) is 0 Å². The number of pyridine rings is 1. The van der Waals surface area contributed by atoms with Crippen molar-refractivity contribution in [3.8, 4) is 17.2 Å². The van der Waals surface area contributed by atoms with E-state index >= 15 is 0 Å². The molecule has 0 saturated carbocycles. The highest BCUT2D eigenvalue weighted by Crippen LogP contribution is 2.36. The summed E-state index contributed by atoms with van der Waals surface area (Å²) in [7, 11) is 0. The molecule has 0 unspecified atom stereocenters. The fourth-order valence-corrected chi connectivity index (χ4v) is 2.81. The van der Waals surface area contributed by atoms with Gasteiger partial charge in [0.15, 0.2) is 0 Å². The van der Waals surface area contributed by atoms with Gasteiger partial charge in [0.1, 0.15) is 11.2 Å². The standard InChI is InChI=1S/C15H11ClN2/c16-15-12(9-17)14(10-5-2-1-3-6-10)11-7-4-8-13(11)18-15/h1-3,5-6H,4,7-8H2. The lowest BCUT2D eigenvalue weighted by Gasteiger charge is -2.11. The maximum Gasteiger partial charge on any atom is 0.147 e. The summed E-state index contributed by atoms with van der Waals surface area (Å²) in [6.45, 7) is 0. The minimum Gasteiger partial charge on any atom is -0.239 e. The van der Waals surface area contributed by atoms with E-state index in [0.29, 0.717) is 10.7 Å². The maximum atomic E-state index is 9.32. The molecule has 18 heavy (non-hydrogen) atoms. The van der Waals surface area contributed by atoms with Crippen LogP contribution in [-0.2, 0) is 12.8 Å². The maximum absolute atomic E-state index is 9.32. The molecular weight excluding hydrogens is 244 g/mol. The Kier molecular flexibility index (Phi) is 2.77. The van der Waals surface area contributed by atoms with Gasteiger partial charge in [-0.15, -0.1) is 0 Å². The predicted octanol–water partition coefficient (Wildman–Crippen LogP) is 3.76. The Balaban J connectivity index is 2.34. The highest BCUT2D eigenvalue weighted by molar-refractivity contribution is 6.31. The third-order valence-corrected chi connectivity index (χ3v) is 3.63. The lowest BCUT2D eigenvalue weighted by Crippen LogP contribution is -1.98. The van der Waals surface area contributed by atoms with Gasteiger partial charge < -0.3 is 0 Å². The molecule has 2 aromatic rings. The quantitative estimate of drug-likeness (QED) is 0.727. The van der Waals surface area contributed by atoms with E-state index < -0.39 is 0 Å². The number of aromatic nitrogens is 1. The summed E-state index contributed by atoms with van der Waals surface area (Å²) in [4.78, 5) is 4.35. The lowest BCUT2D eigenvalue weighted by atomic mass is 9.95. The molecule has 1 aliphatic rings. The number of benzene rings is 1. The van der Waals surface area contributed by atoms with Crippen molar-refractivity contribution in [3.63, 3.8) is 0 Å². The molecule has 1 aromatic heterocycles. The highest BCUT2D eigenvalue weighted by atomic mass is 35.5. The van der Waals surface area contributed by atoms with E-state index in [2.05, 4.69) is 11.1 Å². The molecule has 0 atom stereocenters. The number of hydrogen-bond donors (Lipinski definition) is 0. The van der Waals surface area contributed by atoms with Gasteiger partial charge in [-0.25, -0.2) is 4.98 Å². The first-order valence-corrected chi connectivity index (χ1v) is 6.36. The van der Waals surface area contributed by atoms with E-state index in [-0.39, 0.29) is 0 Å². The smallest absolute Gasteiger partial charge is 0.147 e. The van der Waals surface area contributed by atoms with Gasteiger partial charge in [-0.05, 0) is 30.4 Å². The molecule has 0 N–H and O–H groups in total. The SMILES string of the molecule is N#Cc1c(Cl)nc2c(c1-c1ccccc1)CCC2. The molecule has 1 aromatic carbocycles. The molecule has 0 bridgehead atoms. The molecular formula is C15H11ClN2. The monoisotopic (exact) mass is 254 g/mol. The van der Waals surface area contributed by atoms with Crippen LogP contribution in [0.4, 0.5) is 0 Å². The van der Waals surface area contributed by atoms with Crippen LogP contribution in [0.15, 0.2) is 30.3 Å². The fraction of sp³-hybridized carbons (Fsp3) is 0.200. The van der Waals surface area contributed by atoms with Gasteiger partial charge in [-0.1, -0.05) is 41.9 Å². The Morgan fingerprint density at radius 2 is 1.94 bits per heavy atom. The third kappa shape index (κ3) is 1.68. The van der Waals surface area contributed by atoms with Crippen LogP contribution in [0.1, 0.15) is 23.2 Å². The zero-order valence-electron chi connectivity index (χ0n) is 9.78. The molecule has 88 valence electrons. The number of hydrogen-bond acceptors (Lipinski definition) is 2. The van der Waals surface area contributed by atoms with E-state index in [9.17, 15) is 5.26 Å². The molecule has 0 spiro atoms. The predicted molar refractivity (Wildman–Crippen MR) is 71.4 cm³/mol. The number of nitrogens with zero attached hydrogens (tertiary/aromatic N) is 2. The normalized spacial score (nSPS) is 13.1. The van der Waals surface area contributed by atoms with E-state index in [4.69, 9.17) is 11.6 Å². The van der Waals surface area contributed by atoms with Crippen molar-refractivity contribution in [1.29, 1.82) is 5.26 Å². The molecule has 3 rings (SSSR count).